The molecule has 0 atom stereocenters. The Morgan fingerprint density at radius 3 is 2.56 bits per heavy atom. The maximum Gasteiger partial charge on any atom is 0.251 e. The molecule has 1 heterocycles. The van der Waals surface area contributed by atoms with Crippen molar-refractivity contribution in [3.05, 3.63) is 75.1 Å². The lowest BCUT2D eigenvalue weighted by Crippen LogP contribution is -2.13. The quantitative estimate of drug-likeness (QED) is 0.757. The lowest BCUT2D eigenvalue weighted by atomic mass is 10.1. The van der Waals surface area contributed by atoms with Crippen LogP contribution in [0.15, 0.2) is 47.3 Å². The third-order valence-electron chi connectivity index (χ3n) is 4.39. The van der Waals surface area contributed by atoms with E-state index in [9.17, 15) is 9.59 Å². The van der Waals surface area contributed by atoms with Crippen molar-refractivity contribution in [3.8, 4) is 0 Å². The van der Waals surface area contributed by atoms with Gasteiger partial charge in [0.1, 0.15) is 0 Å². The first-order valence-electron chi connectivity index (χ1n) is 8.42. The molecule has 1 aromatic heterocycles. The minimum atomic E-state index is -0.0619. The number of amides is 1. The molecule has 0 unspecified atom stereocenters. The van der Waals surface area contributed by atoms with Crippen LogP contribution in [0.5, 0.6) is 0 Å². The van der Waals surface area contributed by atoms with Crippen LogP contribution in [0.1, 0.15) is 28.7 Å². The van der Waals surface area contributed by atoms with Crippen LogP contribution >= 0.6 is 0 Å². The normalized spacial score (nSPS) is 10.8. The molecule has 0 saturated carbocycles. The molecule has 4 nitrogen and oxygen atoms in total. The Labute approximate surface area is 146 Å². The zero-order chi connectivity index (χ0) is 18.0. The van der Waals surface area contributed by atoms with Crippen LogP contribution in [0.4, 0.5) is 5.69 Å². The molecule has 2 aromatic carbocycles. The summed E-state index contributed by atoms with van der Waals surface area (Å²) >= 11 is 0. The number of aryl methyl sites for hydroxylation is 4. The second-order valence-electron chi connectivity index (χ2n) is 6.57. The Hall–Kier alpha value is -2.88. The minimum absolute atomic E-state index is 0.00435. The predicted octanol–water partition coefficient (Wildman–Crippen LogP) is 4.02. The zero-order valence-electron chi connectivity index (χ0n) is 14.8. The highest BCUT2D eigenvalue weighted by Gasteiger charge is 2.07. The van der Waals surface area contributed by atoms with E-state index in [0.717, 1.165) is 27.7 Å². The fraction of sp³-hybridized carbons (Fsp3) is 0.238. The van der Waals surface area contributed by atoms with Gasteiger partial charge in [0.2, 0.25) is 5.91 Å². The lowest BCUT2D eigenvalue weighted by molar-refractivity contribution is -0.116. The highest BCUT2D eigenvalue weighted by atomic mass is 16.1. The summed E-state index contributed by atoms with van der Waals surface area (Å²) in [6, 6.07) is 13.8. The van der Waals surface area contributed by atoms with Gasteiger partial charge in [-0.2, -0.15) is 0 Å². The number of anilines is 1. The van der Waals surface area contributed by atoms with Gasteiger partial charge in [0.15, 0.2) is 0 Å². The van der Waals surface area contributed by atoms with E-state index >= 15 is 0 Å². The summed E-state index contributed by atoms with van der Waals surface area (Å²) in [5.41, 5.74) is 5.64. The molecule has 3 rings (SSSR count). The number of hydrogen-bond acceptors (Lipinski definition) is 2. The third-order valence-corrected chi connectivity index (χ3v) is 4.39. The Kier molecular flexibility index (Phi) is 4.70. The van der Waals surface area contributed by atoms with Crippen molar-refractivity contribution in [1.29, 1.82) is 0 Å². The summed E-state index contributed by atoms with van der Waals surface area (Å²) in [5, 5.41) is 3.97. The summed E-state index contributed by atoms with van der Waals surface area (Å²) in [7, 11) is 0. The van der Waals surface area contributed by atoms with E-state index in [-0.39, 0.29) is 11.5 Å². The van der Waals surface area contributed by atoms with Crippen molar-refractivity contribution in [2.24, 2.45) is 0 Å². The zero-order valence-corrected chi connectivity index (χ0v) is 14.8. The van der Waals surface area contributed by atoms with Crippen molar-refractivity contribution in [3.63, 3.8) is 0 Å². The van der Waals surface area contributed by atoms with Crippen molar-refractivity contribution in [1.82, 2.24) is 4.98 Å². The number of benzene rings is 2. The highest BCUT2D eigenvalue weighted by Crippen LogP contribution is 2.18. The number of fused-ring (bicyclic) bond motifs is 1. The summed E-state index contributed by atoms with van der Waals surface area (Å²) in [6.07, 6.45) is 1.08. The summed E-state index contributed by atoms with van der Waals surface area (Å²) in [5.74, 6) is 0.00435. The van der Waals surface area contributed by atoms with Crippen LogP contribution in [0, 0.1) is 20.8 Å². The molecule has 0 bridgehead atoms. The van der Waals surface area contributed by atoms with E-state index in [0.29, 0.717) is 18.4 Å². The summed E-state index contributed by atoms with van der Waals surface area (Å²) in [4.78, 5) is 26.7. The van der Waals surface area contributed by atoms with Crippen molar-refractivity contribution in [2.45, 2.75) is 33.6 Å². The number of hydrogen-bond donors (Lipinski definition) is 2. The van der Waals surface area contributed by atoms with Gasteiger partial charge < -0.3 is 10.3 Å². The molecule has 128 valence electrons. The first-order valence-corrected chi connectivity index (χ1v) is 8.42. The molecule has 2 N–H and O–H groups in total. The summed E-state index contributed by atoms with van der Waals surface area (Å²) in [6.45, 7) is 5.82. The first kappa shape index (κ1) is 17.0. The van der Waals surface area contributed by atoms with Gasteiger partial charge in [-0.15, -0.1) is 0 Å². The smallest absolute Gasteiger partial charge is 0.251 e. The third kappa shape index (κ3) is 3.97. The van der Waals surface area contributed by atoms with Crippen LogP contribution in [-0.4, -0.2) is 10.9 Å². The molecule has 1 amide bonds. The maximum absolute atomic E-state index is 12.2. The lowest BCUT2D eigenvalue weighted by Gasteiger charge is -2.09. The number of aromatic amines is 1. The predicted molar refractivity (Wildman–Crippen MR) is 102 cm³/mol. The Balaban J connectivity index is 1.68. The molecule has 0 radical (unpaired) electrons. The van der Waals surface area contributed by atoms with Crippen LogP contribution in [-0.2, 0) is 11.2 Å². The highest BCUT2D eigenvalue weighted by molar-refractivity contribution is 5.91. The van der Waals surface area contributed by atoms with Gasteiger partial charge in [-0.25, -0.2) is 0 Å². The second-order valence-corrected chi connectivity index (χ2v) is 6.57. The van der Waals surface area contributed by atoms with Gasteiger partial charge in [0.25, 0.3) is 5.56 Å². The number of pyridine rings is 1. The van der Waals surface area contributed by atoms with Crippen LogP contribution in [0.2, 0.25) is 0 Å². The number of aromatic nitrogens is 1. The van der Waals surface area contributed by atoms with Gasteiger partial charge in [0.05, 0.1) is 0 Å². The van der Waals surface area contributed by atoms with E-state index in [2.05, 4.69) is 16.4 Å². The van der Waals surface area contributed by atoms with Gasteiger partial charge in [-0.1, -0.05) is 23.8 Å². The molecule has 4 heteroatoms. The van der Waals surface area contributed by atoms with Crippen molar-refractivity contribution >= 4 is 22.5 Å². The number of nitrogens with one attached hydrogen (secondary N) is 2. The van der Waals surface area contributed by atoms with Gasteiger partial charge in [-0.05, 0) is 68.0 Å². The Morgan fingerprint density at radius 1 is 1.00 bits per heavy atom. The fourth-order valence-corrected chi connectivity index (χ4v) is 2.95. The van der Waals surface area contributed by atoms with Crippen molar-refractivity contribution < 1.29 is 4.79 Å². The fourth-order valence-electron chi connectivity index (χ4n) is 2.95. The average molecular weight is 334 g/mol. The molecule has 0 aliphatic rings. The molecular formula is C21H22N2O2. The van der Waals surface area contributed by atoms with Crippen LogP contribution < -0.4 is 10.9 Å². The van der Waals surface area contributed by atoms with Crippen LogP contribution in [0.25, 0.3) is 10.9 Å². The molecule has 0 aliphatic heterocycles. The molecule has 0 fully saturated rings. The molecule has 0 aliphatic carbocycles. The second kappa shape index (κ2) is 6.93. The number of rotatable bonds is 4. The maximum atomic E-state index is 12.2. The standard InChI is InChI=1S/C21H22N2O2/c1-13-4-7-18(14(2)10-13)22-20(24)9-6-16-5-8-19-17(12-16)11-15(3)21(25)23-19/h4-5,7-8,10-12H,6,9H2,1-3H3,(H,22,24)(H,23,25). The molecule has 0 saturated heterocycles. The van der Waals surface area contributed by atoms with E-state index in [1.54, 1.807) is 6.92 Å². The number of H-pyrrole nitrogens is 1. The number of carbonyl (C=O) groups excluding carboxylic acids is 1. The minimum Gasteiger partial charge on any atom is -0.326 e. The molecule has 0 spiro atoms. The largest absolute Gasteiger partial charge is 0.326 e. The van der Waals surface area contributed by atoms with E-state index in [1.165, 1.54) is 5.56 Å². The van der Waals surface area contributed by atoms with Gasteiger partial charge in [0, 0.05) is 23.2 Å². The first-order chi connectivity index (χ1) is 11.9. The van der Waals surface area contributed by atoms with Gasteiger partial charge >= 0.3 is 0 Å². The number of carbonyl (C=O) groups is 1. The monoisotopic (exact) mass is 334 g/mol. The van der Waals surface area contributed by atoms with E-state index < -0.39 is 0 Å². The SMILES string of the molecule is Cc1ccc(NC(=O)CCc2ccc3[nH]c(=O)c(C)cc3c2)c(C)c1. The molecule has 3 aromatic rings. The van der Waals surface area contributed by atoms with E-state index in [1.807, 2.05) is 50.2 Å². The van der Waals surface area contributed by atoms with Crippen molar-refractivity contribution in [2.75, 3.05) is 5.32 Å². The Morgan fingerprint density at radius 2 is 1.80 bits per heavy atom. The molecular weight excluding hydrogens is 312 g/mol. The summed E-state index contributed by atoms with van der Waals surface area (Å²) < 4.78 is 0. The van der Waals surface area contributed by atoms with E-state index in [4.69, 9.17) is 0 Å². The van der Waals surface area contributed by atoms with Crippen LogP contribution in [0.3, 0.4) is 0 Å². The average Bonchev–Trinajstić information content (AvgIpc) is 2.56. The van der Waals surface area contributed by atoms with Gasteiger partial charge in [-0.3, -0.25) is 9.59 Å². The molecule has 25 heavy (non-hydrogen) atoms. The topological polar surface area (TPSA) is 62.0 Å². The Bertz CT molecular complexity index is 1000.